The summed E-state index contributed by atoms with van der Waals surface area (Å²) in [4.78, 5) is 49.8. The molecule has 3 N–H and O–H groups in total. The SMILES string of the molecule is Cc1c(-c2cccc(S(=O)(=O)N(C)C)c2)c2cc(C(=O)N(C)C)ccc2n1C/C(F)=C/CNC(=O)OC(C)(C)C.Cc1c(-c2cccc(S(=O)(=O)N(C)C)c2)c2cc(C(=O)O)ccc2n1C/C(F)=C/CNC(=O)OC(C)(C)C. The molecule has 6 rings (SSSR count). The van der Waals surface area contributed by atoms with E-state index in [4.69, 9.17) is 9.47 Å². The van der Waals surface area contributed by atoms with Crippen LogP contribution in [-0.2, 0) is 42.6 Å². The van der Waals surface area contributed by atoms with Crippen molar-refractivity contribution < 1.29 is 59.4 Å². The molecule has 3 amide bonds. The number of benzene rings is 4. The van der Waals surface area contributed by atoms with E-state index in [0.717, 1.165) is 8.61 Å². The summed E-state index contributed by atoms with van der Waals surface area (Å²) in [5.41, 5.74) is 4.16. The Kier molecular flexibility index (Phi) is 19.3. The predicted molar refractivity (Wildman–Crippen MR) is 298 cm³/mol. The molecular formula is C56H69F2N7O11S2. The highest BCUT2D eigenvalue weighted by molar-refractivity contribution is 7.89. The first kappa shape index (κ1) is 61.5. The molecule has 0 saturated heterocycles. The number of aromatic carboxylic acids is 1. The number of carboxylic acids is 1. The number of hydrogen-bond donors (Lipinski definition) is 3. The van der Waals surface area contributed by atoms with Crippen LogP contribution in [0, 0.1) is 13.8 Å². The third-order valence-corrected chi connectivity index (χ3v) is 15.5. The van der Waals surface area contributed by atoms with Crippen LogP contribution in [0.1, 0.15) is 73.6 Å². The van der Waals surface area contributed by atoms with E-state index in [1.807, 2.05) is 6.92 Å². The number of alkyl carbamates (subject to hydrolysis) is 2. The monoisotopic (exact) mass is 1120 g/mol. The van der Waals surface area contributed by atoms with Gasteiger partial charge in [0.05, 0.1) is 28.4 Å². The zero-order chi connectivity index (χ0) is 58.4. The van der Waals surface area contributed by atoms with Crippen LogP contribution in [0.3, 0.4) is 0 Å². The minimum absolute atomic E-state index is 0.0468. The summed E-state index contributed by atoms with van der Waals surface area (Å²) in [7, 11) is 1.70. The van der Waals surface area contributed by atoms with E-state index in [-0.39, 0.29) is 47.4 Å². The summed E-state index contributed by atoms with van der Waals surface area (Å²) in [5.74, 6) is -2.33. The number of aromatic nitrogens is 2. The van der Waals surface area contributed by atoms with Gasteiger partial charge in [0, 0.05) is 105 Å². The van der Waals surface area contributed by atoms with Gasteiger partial charge in [0.15, 0.2) is 0 Å². The number of allylic oxidation sites excluding steroid dienone is 2. The van der Waals surface area contributed by atoms with Crippen LogP contribution in [0.2, 0.25) is 0 Å². The minimum Gasteiger partial charge on any atom is -0.478 e. The lowest BCUT2D eigenvalue weighted by Gasteiger charge is -2.19. The number of amides is 3. The predicted octanol–water partition coefficient (Wildman–Crippen LogP) is 9.89. The van der Waals surface area contributed by atoms with E-state index < -0.39 is 61.1 Å². The molecule has 2 heterocycles. The first-order valence-electron chi connectivity index (χ1n) is 24.5. The van der Waals surface area contributed by atoms with Gasteiger partial charge in [0.2, 0.25) is 20.0 Å². The molecular weight excluding hydrogens is 1050 g/mol. The number of hydrogen-bond acceptors (Lipinski definition) is 10. The van der Waals surface area contributed by atoms with E-state index in [2.05, 4.69) is 10.6 Å². The average Bonchev–Trinajstić information content (AvgIpc) is 3.78. The summed E-state index contributed by atoms with van der Waals surface area (Å²) in [6, 6.07) is 22.6. The highest BCUT2D eigenvalue weighted by atomic mass is 32.2. The van der Waals surface area contributed by atoms with Crippen molar-refractivity contribution in [1.29, 1.82) is 0 Å². The first-order valence-corrected chi connectivity index (χ1v) is 27.4. The third kappa shape index (κ3) is 15.0. The van der Waals surface area contributed by atoms with Gasteiger partial charge in [-0.15, -0.1) is 0 Å². The molecule has 420 valence electrons. The van der Waals surface area contributed by atoms with Crippen LogP contribution in [0.15, 0.2) is 119 Å². The van der Waals surface area contributed by atoms with E-state index >= 15 is 4.39 Å². The quantitative estimate of drug-likeness (QED) is 0.0828. The maximum absolute atomic E-state index is 15.1. The molecule has 0 unspecified atom stereocenters. The number of carboxylic acid groups (broad SMARTS) is 1. The Morgan fingerprint density at radius 3 is 1.31 bits per heavy atom. The van der Waals surface area contributed by atoms with Gasteiger partial charge in [-0.25, -0.2) is 48.6 Å². The van der Waals surface area contributed by atoms with Gasteiger partial charge in [0.25, 0.3) is 5.91 Å². The summed E-state index contributed by atoms with van der Waals surface area (Å²) in [6.45, 7) is 13.5. The molecule has 0 saturated carbocycles. The highest BCUT2D eigenvalue weighted by Gasteiger charge is 2.25. The Morgan fingerprint density at radius 1 is 0.590 bits per heavy atom. The van der Waals surface area contributed by atoms with Gasteiger partial charge < -0.3 is 39.2 Å². The molecule has 0 aliphatic rings. The van der Waals surface area contributed by atoms with E-state index in [1.54, 1.807) is 126 Å². The Balaban J connectivity index is 0.000000288. The van der Waals surface area contributed by atoms with Crippen LogP contribution in [0.4, 0.5) is 18.4 Å². The molecule has 22 heteroatoms. The van der Waals surface area contributed by atoms with Crippen molar-refractivity contribution in [2.75, 3.05) is 55.4 Å². The molecule has 6 aromatic rings. The number of rotatable bonds is 16. The fraction of sp³-hybridized carbons (Fsp3) is 0.357. The summed E-state index contributed by atoms with van der Waals surface area (Å²) in [5, 5.41) is 15.8. The van der Waals surface area contributed by atoms with Crippen LogP contribution >= 0.6 is 0 Å². The topological polar surface area (TPSA) is 219 Å². The Morgan fingerprint density at radius 2 is 0.962 bits per heavy atom. The largest absolute Gasteiger partial charge is 0.478 e. The lowest BCUT2D eigenvalue weighted by molar-refractivity contribution is 0.0522. The lowest BCUT2D eigenvalue weighted by Crippen LogP contribution is -2.32. The van der Waals surface area contributed by atoms with Crippen LogP contribution in [0.5, 0.6) is 0 Å². The minimum atomic E-state index is -3.72. The van der Waals surface area contributed by atoms with Crippen molar-refractivity contribution in [3.63, 3.8) is 0 Å². The molecule has 0 spiro atoms. The standard InChI is InChI=1S/C29H37FN4O5S.C27H32FN3O6S/c1-19-26(20-10-9-11-23(16-20)40(37,38)33(7)8)24-17-21(27(35)32(5)6)12-13-25(24)34(19)18-22(30)14-15-31-28(36)39-29(2,3)4;1-17-24(18-8-7-9-21(14-18)38(35,36)30(5)6)22-15-19(25(32)33)10-11-23(22)31(17)16-20(28)12-13-29-26(34)37-27(2,3)4/h9-14,16-17H,15,18H2,1-8H3,(H,31,36);7-12,14-15H,13,16H2,1-6H3,(H,29,34)(H,32,33)/b22-14-;20-12-. The van der Waals surface area contributed by atoms with Gasteiger partial charge >= 0.3 is 18.2 Å². The summed E-state index contributed by atoms with van der Waals surface area (Å²) in [6.07, 6.45) is 1.18. The summed E-state index contributed by atoms with van der Waals surface area (Å²) < 4.78 is 97.2. The van der Waals surface area contributed by atoms with E-state index in [9.17, 15) is 45.5 Å². The highest BCUT2D eigenvalue weighted by Crippen LogP contribution is 2.39. The smallest absolute Gasteiger partial charge is 0.407 e. The third-order valence-electron chi connectivity index (χ3n) is 11.9. The van der Waals surface area contributed by atoms with Crippen molar-refractivity contribution >= 4 is 65.9 Å². The molecule has 2 aromatic heterocycles. The van der Waals surface area contributed by atoms with Crippen LogP contribution in [-0.4, -0.2) is 135 Å². The molecule has 0 aliphatic carbocycles. The van der Waals surface area contributed by atoms with Crippen LogP contribution in [0.25, 0.3) is 44.1 Å². The number of nitrogens with zero attached hydrogens (tertiary/aromatic N) is 5. The molecule has 0 radical (unpaired) electrons. The van der Waals surface area contributed by atoms with Gasteiger partial charge in [-0.05, 0) is 139 Å². The van der Waals surface area contributed by atoms with Crippen molar-refractivity contribution in [2.24, 2.45) is 0 Å². The zero-order valence-electron chi connectivity index (χ0n) is 46.4. The van der Waals surface area contributed by atoms with Gasteiger partial charge in [-0.3, -0.25) is 4.79 Å². The molecule has 0 fully saturated rings. The molecule has 4 aromatic carbocycles. The van der Waals surface area contributed by atoms with Crippen molar-refractivity contribution in [3.05, 3.63) is 131 Å². The second kappa shape index (κ2) is 24.5. The van der Waals surface area contributed by atoms with Gasteiger partial charge in [0.1, 0.15) is 22.9 Å². The first-order chi connectivity index (χ1) is 36.1. The van der Waals surface area contributed by atoms with E-state index in [1.165, 1.54) is 75.6 Å². The Bertz CT molecular complexity index is 3550. The molecule has 18 nitrogen and oxygen atoms in total. The second-order valence-corrected chi connectivity index (χ2v) is 25.1. The van der Waals surface area contributed by atoms with Crippen molar-refractivity contribution in [3.8, 4) is 22.3 Å². The van der Waals surface area contributed by atoms with Crippen LogP contribution < -0.4 is 10.6 Å². The van der Waals surface area contributed by atoms with Crippen molar-refractivity contribution in [1.82, 2.24) is 33.3 Å². The van der Waals surface area contributed by atoms with Gasteiger partial charge in [-0.1, -0.05) is 24.3 Å². The molecule has 0 bridgehead atoms. The Labute approximate surface area is 455 Å². The number of nitrogens with one attached hydrogen (secondary N) is 2. The fourth-order valence-corrected chi connectivity index (χ4v) is 10.1. The van der Waals surface area contributed by atoms with E-state index in [0.29, 0.717) is 61.0 Å². The second-order valence-electron chi connectivity index (χ2n) is 20.8. The number of halogens is 2. The summed E-state index contributed by atoms with van der Waals surface area (Å²) >= 11 is 0. The molecule has 0 aliphatic heterocycles. The Hall–Kier alpha value is -7.40. The molecule has 78 heavy (non-hydrogen) atoms. The number of ether oxygens (including phenoxy) is 2. The number of sulfonamides is 2. The zero-order valence-corrected chi connectivity index (χ0v) is 48.0. The maximum Gasteiger partial charge on any atom is 0.407 e. The molecule has 0 atom stereocenters. The van der Waals surface area contributed by atoms with Gasteiger partial charge in [-0.2, -0.15) is 0 Å². The average molecular weight is 1120 g/mol. The van der Waals surface area contributed by atoms with Crippen molar-refractivity contribution in [2.45, 2.75) is 89.5 Å². The maximum atomic E-state index is 15.1. The normalized spacial score (nSPS) is 12.6. The number of carbonyl (C=O) groups is 4. The number of carbonyl (C=O) groups excluding carboxylic acids is 3. The lowest BCUT2D eigenvalue weighted by atomic mass is 10.0. The number of fused-ring (bicyclic) bond motifs is 2. The fourth-order valence-electron chi connectivity index (χ4n) is 8.22.